The van der Waals surface area contributed by atoms with E-state index >= 15 is 0 Å². The Hall–Kier alpha value is -1.02. The van der Waals surface area contributed by atoms with Crippen LogP contribution in [0.5, 0.6) is 0 Å². The number of hydrogen-bond donors (Lipinski definition) is 1. The third-order valence-electron chi connectivity index (χ3n) is 4.47. The molecule has 0 heterocycles. The van der Waals surface area contributed by atoms with Crippen LogP contribution < -0.4 is 10.2 Å². The molecule has 0 saturated heterocycles. The van der Waals surface area contributed by atoms with Crippen LogP contribution in [0.3, 0.4) is 0 Å². The maximum absolute atomic E-state index is 3.58. The minimum absolute atomic E-state index is 0.705. The fraction of sp³-hybridized carbons (Fsp3) is 0.647. The molecule has 1 aromatic carbocycles. The molecule has 0 atom stereocenters. The topological polar surface area (TPSA) is 15.3 Å². The number of rotatable bonds is 4. The Labute approximate surface area is 118 Å². The molecule has 19 heavy (non-hydrogen) atoms. The van der Waals surface area contributed by atoms with Crippen LogP contribution in [0.1, 0.15) is 43.7 Å². The lowest BCUT2D eigenvalue weighted by Crippen LogP contribution is -2.41. The molecule has 2 heteroatoms. The largest absolute Gasteiger partial charge is 0.371 e. The van der Waals surface area contributed by atoms with Gasteiger partial charge in [-0.15, -0.1) is 0 Å². The van der Waals surface area contributed by atoms with E-state index in [2.05, 4.69) is 56.2 Å². The zero-order valence-electron chi connectivity index (χ0n) is 12.9. The van der Waals surface area contributed by atoms with Crippen LogP contribution in [0, 0.1) is 13.8 Å². The third kappa shape index (κ3) is 3.50. The Bertz CT molecular complexity index is 406. The fourth-order valence-corrected chi connectivity index (χ4v) is 3.35. The number of nitrogens with one attached hydrogen (secondary N) is 1. The second-order valence-corrected chi connectivity index (χ2v) is 5.96. The van der Waals surface area contributed by atoms with Crippen molar-refractivity contribution in [2.75, 3.05) is 18.5 Å². The lowest BCUT2D eigenvalue weighted by atomic mass is 9.90. The number of benzene rings is 1. The molecule has 0 unspecified atom stereocenters. The van der Waals surface area contributed by atoms with E-state index < -0.39 is 0 Å². The molecule has 106 valence electrons. The summed E-state index contributed by atoms with van der Waals surface area (Å²) in [7, 11) is 2.26. The van der Waals surface area contributed by atoms with Crippen LogP contribution in [0.15, 0.2) is 18.2 Å². The highest BCUT2D eigenvalue weighted by Crippen LogP contribution is 2.28. The molecule has 1 aliphatic rings. The molecule has 1 fully saturated rings. The van der Waals surface area contributed by atoms with Gasteiger partial charge in [-0.1, -0.05) is 24.6 Å². The van der Waals surface area contributed by atoms with Crippen molar-refractivity contribution in [3.05, 3.63) is 29.3 Å². The van der Waals surface area contributed by atoms with Crippen molar-refractivity contribution in [3.63, 3.8) is 0 Å². The van der Waals surface area contributed by atoms with Crippen LogP contribution in [0.25, 0.3) is 0 Å². The Morgan fingerprint density at radius 3 is 2.42 bits per heavy atom. The van der Waals surface area contributed by atoms with Gasteiger partial charge in [0, 0.05) is 24.8 Å². The molecule has 1 aromatic rings. The second kappa shape index (κ2) is 6.42. The van der Waals surface area contributed by atoms with Crippen LogP contribution in [-0.2, 0) is 0 Å². The molecule has 1 N–H and O–H groups in total. The molecule has 0 radical (unpaired) electrons. The first-order valence-electron chi connectivity index (χ1n) is 7.65. The Morgan fingerprint density at radius 2 is 1.84 bits per heavy atom. The Kier molecular flexibility index (Phi) is 4.87. The molecule has 1 aliphatic carbocycles. The quantitative estimate of drug-likeness (QED) is 0.889. The lowest BCUT2D eigenvalue weighted by molar-refractivity contribution is 0.341. The van der Waals surface area contributed by atoms with E-state index in [1.165, 1.54) is 42.5 Å². The highest BCUT2D eigenvalue weighted by Gasteiger charge is 2.24. The van der Waals surface area contributed by atoms with Gasteiger partial charge in [0.05, 0.1) is 0 Å². The average molecular weight is 260 g/mol. The lowest BCUT2D eigenvalue weighted by Gasteiger charge is -2.37. The van der Waals surface area contributed by atoms with Gasteiger partial charge in [0.25, 0.3) is 0 Å². The summed E-state index contributed by atoms with van der Waals surface area (Å²) in [6.45, 7) is 7.69. The van der Waals surface area contributed by atoms with Gasteiger partial charge in [-0.2, -0.15) is 0 Å². The average Bonchev–Trinajstić information content (AvgIpc) is 2.39. The fourth-order valence-electron chi connectivity index (χ4n) is 3.35. The molecular weight excluding hydrogens is 232 g/mol. The standard InChI is InChI=1S/C17H28N2/c1-5-18-15-7-9-16(10-8-15)19(4)17-11-6-13(2)12-14(17)3/h6,11-12,15-16,18H,5,7-10H2,1-4H3. The van der Waals surface area contributed by atoms with E-state index in [1.54, 1.807) is 0 Å². The molecule has 0 aliphatic heterocycles. The monoisotopic (exact) mass is 260 g/mol. The van der Waals surface area contributed by atoms with Crippen molar-refractivity contribution in [1.29, 1.82) is 0 Å². The first-order valence-corrected chi connectivity index (χ1v) is 7.65. The normalized spacial score (nSPS) is 23.4. The van der Waals surface area contributed by atoms with Crippen molar-refractivity contribution >= 4 is 5.69 Å². The summed E-state index contributed by atoms with van der Waals surface area (Å²) in [6, 6.07) is 8.24. The predicted molar refractivity (Wildman–Crippen MR) is 84.0 cm³/mol. The Balaban J connectivity index is 1.99. The van der Waals surface area contributed by atoms with Crippen molar-refractivity contribution in [3.8, 4) is 0 Å². The number of aryl methyl sites for hydroxylation is 2. The first kappa shape index (κ1) is 14.4. The zero-order valence-corrected chi connectivity index (χ0v) is 12.9. The number of hydrogen-bond acceptors (Lipinski definition) is 2. The van der Waals surface area contributed by atoms with Gasteiger partial charge in [0.1, 0.15) is 0 Å². The number of anilines is 1. The maximum atomic E-state index is 3.58. The molecule has 2 nitrogen and oxygen atoms in total. The second-order valence-electron chi connectivity index (χ2n) is 5.96. The van der Waals surface area contributed by atoms with E-state index in [0.717, 1.165) is 12.6 Å². The van der Waals surface area contributed by atoms with Crippen LogP contribution in [0.4, 0.5) is 5.69 Å². The minimum Gasteiger partial charge on any atom is -0.371 e. The van der Waals surface area contributed by atoms with E-state index in [0.29, 0.717) is 6.04 Å². The van der Waals surface area contributed by atoms with E-state index in [4.69, 9.17) is 0 Å². The summed E-state index contributed by atoms with van der Waals surface area (Å²) in [6.07, 6.45) is 5.24. The first-order chi connectivity index (χ1) is 9.11. The van der Waals surface area contributed by atoms with Crippen LogP contribution in [0.2, 0.25) is 0 Å². The third-order valence-corrected chi connectivity index (χ3v) is 4.47. The van der Waals surface area contributed by atoms with Gasteiger partial charge in [-0.3, -0.25) is 0 Å². The van der Waals surface area contributed by atoms with Crippen molar-refractivity contribution < 1.29 is 0 Å². The van der Waals surface area contributed by atoms with Gasteiger partial charge in [-0.05, 0) is 57.7 Å². The molecule has 1 saturated carbocycles. The SMILES string of the molecule is CCNC1CCC(N(C)c2ccc(C)cc2C)CC1. The highest BCUT2D eigenvalue weighted by molar-refractivity contribution is 5.54. The van der Waals surface area contributed by atoms with E-state index in [1.807, 2.05) is 0 Å². The molecule has 2 rings (SSSR count). The van der Waals surface area contributed by atoms with Crippen molar-refractivity contribution in [1.82, 2.24) is 5.32 Å². The summed E-state index contributed by atoms with van der Waals surface area (Å²) < 4.78 is 0. The van der Waals surface area contributed by atoms with Crippen molar-refractivity contribution in [2.24, 2.45) is 0 Å². The molecule has 0 bridgehead atoms. The highest BCUT2D eigenvalue weighted by atomic mass is 15.1. The van der Waals surface area contributed by atoms with Gasteiger partial charge < -0.3 is 10.2 Å². The molecule has 0 aromatic heterocycles. The minimum atomic E-state index is 0.705. The summed E-state index contributed by atoms with van der Waals surface area (Å²) >= 11 is 0. The predicted octanol–water partition coefficient (Wildman–Crippen LogP) is 3.66. The smallest absolute Gasteiger partial charge is 0.0396 e. The number of nitrogens with zero attached hydrogens (tertiary/aromatic N) is 1. The molecule has 0 spiro atoms. The van der Waals surface area contributed by atoms with Crippen molar-refractivity contribution in [2.45, 2.75) is 58.5 Å². The van der Waals surface area contributed by atoms with Gasteiger partial charge in [-0.25, -0.2) is 0 Å². The summed E-state index contributed by atoms with van der Waals surface area (Å²) in [5, 5.41) is 3.58. The van der Waals surface area contributed by atoms with Gasteiger partial charge >= 0.3 is 0 Å². The maximum Gasteiger partial charge on any atom is 0.0396 e. The zero-order chi connectivity index (χ0) is 13.8. The molecule has 0 amide bonds. The summed E-state index contributed by atoms with van der Waals surface area (Å²) in [4.78, 5) is 2.50. The van der Waals surface area contributed by atoms with E-state index in [9.17, 15) is 0 Å². The van der Waals surface area contributed by atoms with Crippen LogP contribution >= 0.6 is 0 Å². The van der Waals surface area contributed by atoms with E-state index in [-0.39, 0.29) is 0 Å². The summed E-state index contributed by atoms with van der Waals surface area (Å²) in [5.41, 5.74) is 4.15. The van der Waals surface area contributed by atoms with Crippen LogP contribution in [-0.4, -0.2) is 25.7 Å². The molecular formula is C17H28N2. The van der Waals surface area contributed by atoms with Gasteiger partial charge in [0.2, 0.25) is 0 Å². The summed E-state index contributed by atoms with van der Waals surface area (Å²) in [5.74, 6) is 0. The Morgan fingerprint density at radius 1 is 1.16 bits per heavy atom. The van der Waals surface area contributed by atoms with Gasteiger partial charge in [0.15, 0.2) is 0 Å².